The second-order valence-electron chi connectivity index (χ2n) is 7.07. The van der Waals surface area contributed by atoms with Gasteiger partial charge in [0.15, 0.2) is 0 Å². The van der Waals surface area contributed by atoms with Crippen molar-refractivity contribution in [1.29, 1.82) is 0 Å². The van der Waals surface area contributed by atoms with Crippen molar-refractivity contribution in [3.05, 3.63) is 103 Å². The fourth-order valence-electron chi connectivity index (χ4n) is 4.05. The molecule has 1 aliphatic heterocycles. The van der Waals surface area contributed by atoms with Gasteiger partial charge in [0.05, 0.1) is 0 Å². The lowest BCUT2D eigenvalue weighted by atomic mass is 9.35. The molecular formula is C25H19BO. The average molecular weight is 346 g/mol. The molecular weight excluding hydrogens is 327 g/mol. The molecule has 0 atom stereocenters. The van der Waals surface area contributed by atoms with Gasteiger partial charge in [-0.05, 0) is 41.1 Å². The summed E-state index contributed by atoms with van der Waals surface area (Å²) in [6.07, 6.45) is 0. The molecule has 0 N–H and O–H groups in total. The zero-order chi connectivity index (χ0) is 18.2. The number of para-hydroxylation sites is 1. The lowest BCUT2D eigenvalue weighted by Crippen LogP contribution is -2.55. The van der Waals surface area contributed by atoms with Gasteiger partial charge >= 0.3 is 0 Å². The normalized spacial score (nSPS) is 12.1. The lowest BCUT2D eigenvalue weighted by Gasteiger charge is -2.28. The highest BCUT2D eigenvalue weighted by atomic mass is 16.5. The van der Waals surface area contributed by atoms with Crippen LogP contribution in [0.5, 0.6) is 11.5 Å². The lowest BCUT2D eigenvalue weighted by molar-refractivity contribution is 0.487. The molecule has 2 heteroatoms. The van der Waals surface area contributed by atoms with E-state index in [1.165, 1.54) is 33.1 Å². The third-order valence-electron chi connectivity index (χ3n) is 5.28. The van der Waals surface area contributed by atoms with E-state index in [4.69, 9.17) is 4.74 Å². The van der Waals surface area contributed by atoms with Gasteiger partial charge in [-0.3, -0.25) is 0 Å². The Kier molecular flexibility index (Phi) is 3.83. The summed E-state index contributed by atoms with van der Waals surface area (Å²) in [7, 11) is 0. The van der Waals surface area contributed by atoms with E-state index in [1.807, 2.05) is 6.07 Å². The molecule has 1 heterocycles. The smallest absolute Gasteiger partial charge is 0.251 e. The van der Waals surface area contributed by atoms with Gasteiger partial charge in [0.1, 0.15) is 11.5 Å². The molecule has 4 aromatic carbocycles. The average Bonchev–Trinajstić information content (AvgIpc) is 2.73. The van der Waals surface area contributed by atoms with Gasteiger partial charge in [-0.25, -0.2) is 0 Å². The van der Waals surface area contributed by atoms with Crippen LogP contribution >= 0.6 is 0 Å². The molecule has 0 spiro atoms. The van der Waals surface area contributed by atoms with E-state index < -0.39 is 0 Å². The van der Waals surface area contributed by atoms with Crippen molar-refractivity contribution in [2.24, 2.45) is 0 Å². The van der Waals surface area contributed by atoms with Crippen molar-refractivity contribution >= 4 is 23.1 Å². The minimum absolute atomic E-state index is 0.154. The zero-order valence-corrected chi connectivity index (χ0v) is 15.2. The summed E-state index contributed by atoms with van der Waals surface area (Å²) in [5, 5.41) is 0. The Hall–Kier alpha value is -3.26. The van der Waals surface area contributed by atoms with E-state index in [0.717, 1.165) is 11.5 Å². The Morgan fingerprint density at radius 1 is 0.593 bits per heavy atom. The molecule has 0 saturated carbocycles. The molecule has 0 saturated heterocycles. The summed E-state index contributed by atoms with van der Waals surface area (Å²) in [4.78, 5) is 0. The molecule has 1 aliphatic rings. The molecule has 0 fully saturated rings. The van der Waals surface area contributed by atoms with Crippen molar-refractivity contribution in [2.75, 3.05) is 0 Å². The van der Waals surface area contributed by atoms with E-state index in [0.29, 0.717) is 0 Å². The van der Waals surface area contributed by atoms with Crippen LogP contribution in [0.4, 0.5) is 0 Å². The van der Waals surface area contributed by atoms with Crippen LogP contribution in [0.15, 0.2) is 97.1 Å². The quantitative estimate of drug-likeness (QED) is 0.434. The van der Waals surface area contributed by atoms with Crippen LogP contribution in [0.25, 0.3) is 11.1 Å². The van der Waals surface area contributed by atoms with Crippen LogP contribution in [-0.4, -0.2) is 6.71 Å². The Morgan fingerprint density at radius 3 is 2.11 bits per heavy atom. The number of rotatable bonds is 2. The molecule has 0 bridgehead atoms. The van der Waals surface area contributed by atoms with Gasteiger partial charge in [-0.1, -0.05) is 96.0 Å². The largest absolute Gasteiger partial charge is 0.458 e. The minimum Gasteiger partial charge on any atom is -0.458 e. The maximum Gasteiger partial charge on any atom is 0.251 e. The number of fused-ring (bicyclic) bond motifs is 2. The van der Waals surface area contributed by atoms with Crippen LogP contribution < -0.4 is 21.1 Å². The SMILES string of the molecule is Cc1ccc2c(c1)B(c1ccccc1-c1ccccc1)c1ccccc1O2. The molecule has 0 amide bonds. The summed E-state index contributed by atoms with van der Waals surface area (Å²) in [5.41, 5.74) is 7.53. The first kappa shape index (κ1) is 16.0. The predicted octanol–water partition coefficient (Wildman–Crippen LogP) is 4.28. The highest BCUT2D eigenvalue weighted by Gasteiger charge is 2.33. The van der Waals surface area contributed by atoms with Crippen molar-refractivity contribution in [3.63, 3.8) is 0 Å². The first-order valence-electron chi connectivity index (χ1n) is 9.33. The molecule has 1 nitrogen and oxygen atoms in total. The van der Waals surface area contributed by atoms with Gasteiger partial charge in [0, 0.05) is 0 Å². The van der Waals surface area contributed by atoms with Gasteiger partial charge in [0.25, 0.3) is 6.71 Å². The van der Waals surface area contributed by atoms with E-state index in [1.54, 1.807) is 0 Å². The molecule has 5 rings (SSSR count). The number of ether oxygens (including phenoxy) is 1. The third-order valence-corrected chi connectivity index (χ3v) is 5.28. The predicted molar refractivity (Wildman–Crippen MR) is 114 cm³/mol. The molecule has 0 aliphatic carbocycles. The first-order valence-corrected chi connectivity index (χ1v) is 9.33. The van der Waals surface area contributed by atoms with E-state index in [9.17, 15) is 0 Å². The topological polar surface area (TPSA) is 9.23 Å². The van der Waals surface area contributed by atoms with Crippen LogP contribution in [-0.2, 0) is 0 Å². The Balaban J connectivity index is 1.79. The monoisotopic (exact) mass is 346 g/mol. The summed E-state index contributed by atoms with van der Waals surface area (Å²) < 4.78 is 6.23. The summed E-state index contributed by atoms with van der Waals surface area (Å²) >= 11 is 0. The Labute approximate surface area is 160 Å². The summed E-state index contributed by atoms with van der Waals surface area (Å²) in [5.74, 6) is 1.90. The number of hydrogen-bond acceptors (Lipinski definition) is 1. The second-order valence-corrected chi connectivity index (χ2v) is 7.07. The molecule has 0 aromatic heterocycles. The van der Waals surface area contributed by atoms with E-state index in [2.05, 4.69) is 97.9 Å². The molecule has 128 valence electrons. The zero-order valence-electron chi connectivity index (χ0n) is 15.2. The molecule has 0 unspecified atom stereocenters. The fraction of sp³-hybridized carbons (Fsp3) is 0.0400. The van der Waals surface area contributed by atoms with Crippen LogP contribution in [0, 0.1) is 6.92 Å². The molecule has 27 heavy (non-hydrogen) atoms. The third kappa shape index (κ3) is 2.74. The van der Waals surface area contributed by atoms with Gasteiger partial charge < -0.3 is 4.74 Å². The Morgan fingerprint density at radius 2 is 1.26 bits per heavy atom. The van der Waals surface area contributed by atoms with Crippen LogP contribution in [0.3, 0.4) is 0 Å². The van der Waals surface area contributed by atoms with Gasteiger partial charge in [0.2, 0.25) is 0 Å². The van der Waals surface area contributed by atoms with Gasteiger partial charge in [-0.15, -0.1) is 0 Å². The van der Waals surface area contributed by atoms with Crippen molar-refractivity contribution in [1.82, 2.24) is 0 Å². The highest BCUT2D eigenvalue weighted by molar-refractivity contribution is 6.97. The number of aryl methyl sites for hydroxylation is 1. The van der Waals surface area contributed by atoms with Crippen molar-refractivity contribution in [3.8, 4) is 22.6 Å². The number of benzene rings is 4. The maximum atomic E-state index is 6.23. The van der Waals surface area contributed by atoms with Crippen LogP contribution in [0.2, 0.25) is 0 Å². The van der Waals surface area contributed by atoms with Crippen molar-refractivity contribution in [2.45, 2.75) is 6.92 Å². The van der Waals surface area contributed by atoms with Crippen molar-refractivity contribution < 1.29 is 4.74 Å². The second kappa shape index (κ2) is 6.48. The fourth-order valence-corrected chi connectivity index (χ4v) is 4.05. The first-order chi connectivity index (χ1) is 13.3. The van der Waals surface area contributed by atoms with E-state index >= 15 is 0 Å². The maximum absolute atomic E-state index is 6.23. The number of hydrogen-bond donors (Lipinski definition) is 0. The summed E-state index contributed by atoms with van der Waals surface area (Å²) in [6.45, 7) is 2.29. The van der Waals surface area contributed by atoms with Gasteiger partial charge in [-0.2, -0.15) is 0 Å². The standard InChI is InChI=1S/C25H19BO/c1-18-15-16-25-23(17-18)26(22-13-7-8-14-24(22)27-25)21-12-6-5-11-20(21)19-9-3-2-4-10-19/h2-17H,1H3. The minimum atomic E-state index is 0.154. The molecule has 0 radical (unpaired) electrons. The highest BCUT2D eigenvalue weighted by Crippen LogP contribution is 2.26. The summed E-state index contributed by atoms with van der Waals surface area (Å²) in [6, 6.07) is 34.2. The van der Waals surface area contributed by atoms with E-state index in [-0.39, 0.29) is 6.71 Å². The molecule has 4 aromatic rings. The van der Waals surface area contributed by atoms with Crippen LogP contribution in [0.1, 0.15) is 5.56 Å². The Bertz CT molecular complexity index is 1120.